The number of carbonyl (C=O) groups excluding carboxylic acids is 2. The van der Waals surface area contributed by atoms with Crippen molar-refractivity contribution in [2.45, 2.75) is 58.0 Å². The number of ketones is 1. The van der Waals surface area contributed by atoms with Crippen LogP contribution in [-0.4, -0.2) is 53.1 Å². The second-order valence-electron chi connectivity index (χ2n) is 9.62. The molecular formula is C23H32N4O2. The Labute approximate surface area is 173 Å². The van der Waals surface area contributed by atoms with Crippen LogP contribution in [0.5, 0.6) is 0 Å². The molecule has 6 nitrogen and oxygen atoms in total. The van der Waals surface area contributed by atoms with Crippen molar-refractivity contribution in [2.75, 3.05) is 20.1 Å². The van der Waals surface area contributed by atoms with E-state index < -0.39 is 5.54 Å². The molecule has 0 radical (unpaired) electrons. The summed E-state index contributed by atoms with van der Waals surface area (Å²) < 4.78 is 0. The first-order valence-corrected chi connectivity index (χ1v) is 10.7. The number of hydrogen-bond acceptors (Lipinski definition) is 5. The van der Waals surface area contributed by atoms with Crippen LogP contribution < -0.4 is 5.73 Å². The highest BCUT2D eigenvalue weighted by atomic mass is 16.2. The Kier molecular flexibility index (Phi) is 5.01. The summed E-state index contributed by atoms with van der Waals surface area (Å²) >= 11 is 0. The van der Waals surface area contributed by atoms with Gasteiger partial charge in [-0.15, -0.1) is 0 Å². The van der Waals surface area contributed by atoms with E-state index in [1.165, 1.54) is 10.5 Å². The van der Waals surface area contributed by atoms with Crippen molar-refractivity contribution >= 4 is 17.6 Å². The van der Waals surface area contributed by atoms with Crippen LogP contribution in [0.3, 0.4) is 0 Å². The molecule has 4 rings (SSSR count). The van der Waals surface area contributed by atoms with Gasteiger partial charge in [0.1, 0.15) is 0 Å². The highest BCUT2D eigenvalue weighted by molar-refractivity contribution is 6.02. The summed E-state index contributed by atoms with van der Waals surface area (Å²) in [6, 6.07) is 8.12. The Hall–Kier alpha value is -2.21. The minimum absolute atomic E-state index is 0.0433. The zero-order valence-corrected chi connectivity index (χ0v) is 17.8. The highest BCUT2D eigenvalue weighted by Gasteiger charge is 2.45. The standard InChI is InChI=1S/C23H32N4O2/c1-22(10-11-22)20(29)17-8-6-16(7-9-17)14-27-12-4-5-18(15-27)23(2)13-19(28)26(3)21(24)25-23/h6-9,18H,4-5,10-15H2,1-3H3,(H2,24,25)/t18?,23-/m0/s1. The number of benzene rings is 1. The summed E-state index contributed by atoms with van der Waals surface area (Å²) in [5, 5.41) is 0. The Morgan fingerprint density at radius 2 is 1.93 bits per heavy atom. The predicted octanol–water partition coefficient (Wildman–Crippen LogP) is 2.82. The van der Waals surface area contributed by atoms with Gasteiger partial charge in [-0.2, -0.15) is 0 Å². The van der Waals surface area contributed by atoms with E-state index in [0.29, 0.717) is 18.3 Å². The maximum atomic E-state index is 12.5. The lowest BCUT2D eigenvalue weighted by molar-refractivity contribution is -0.129. The Morgan fingerprint density at radius 3 is 2.55 bits per heavy atom. The minimum Gasteiger partial charge on any atom is -0.369 e. The third kappa shape index (κ3) is 3.95. The van der Waals surface area contributed by atoms with Crippen molar-refractivity contribution in [3.05, 3.63) is 35.4 Å². The predicted molar refractivity (Wildman–Crippen MR) is 114 cm³/mol. The number of Topliss-reactive ketones (excluding diaryl/α,β-unsaturated/α-hetero) is 1. The van der Waals surface area contributed by atoms with Gasteiger partial charge in [0, 0.05) is 31.1 Å². The molecule has 3 aliphatic rings. The molecule has 1 saturated carbocycles. The van der Waals surface area contributed by atoms with Crippen molar-refractivity contribution in [2.24, 2.45) is 22.1 Å². The molecule has 1 aromatic rings. The number of guanidine groups is 1. The van der Waals surface area contributed by atoms with Crippen LogP contribution in [0.4, 0.5) is 0 Å². The number of nitrogens with two attached hydrogens (primary N) is 1. The monoisotopic (exact) mass is 396 g/mol. The molecule has 6 heteroatoms. The van der Waals surface area contributed by atoms with E-state index in [4.69, 9.17) is 10.7 Å². The van der Waals surface area contributed by atoms with Crippen molar-refractivity contribution in [1.82, 2.24) is 9.80 Å². The quantitative estimate of drug-likeness (QED) is 0.776. The van der Waals surface area contributed by atoms with E-state index >= 15 is 0 Å². The molecule has 2 N–H and O–H groups in total. The summed E-state index contributed by atoms with van der Waals surface area (Å²) in [6.07, 6.45) is 4.58. The highest BCUT2D eigenvalue weighted by Crippen LogP contribution is 2.47. The lowest BCUT2D eigenvalue weighted by Gasteiger charge is -2.43. The second-order valence-corrected chi connectivity index (χ2v) is 9.62. The van der Waals surface area contributed by atoms with Gasteiger partial charge in [0.25, 0.3) is 0 Å². The molecule has 0 spiro atoms. The second kappa shape index (κ2) is 7.24. The molecule has 0 bridgehead atoms. The minimum atomic E-state index is -0.428. The van der Waals surface area contributed by atoms with Gasteiger partial charge in [0.05, 0.1) is 12.0 Å². The molecule has 1 aliphatic carbocycles. The molecule has 156 valence electrons. The van der Waals surface area contributed by atoms with Crippen molar-refractivity contribution in [3.63, 3.8) is 0 Å². The van der Waals surface area contributed by atoms with Gasteiger partial charge in [-0.3, -0.25) is 19.4 Å². The van der Waals surface area contributed by atoms with Gasteiger partial charge in [-0.1, -0.05) is 31.2 Å². The fourth-order valence-electron chi connectivity index (χ4n) is 4.65. The average Bonchev–Trinajstić information content (AvgIpc) is 3.45. The number of likely N-dealkylation sites (tertiary alicyclic amines) is 1. The van der Waals surface area contributed by atoms with E-state index in [1.54, 1.807) is 7.05 Å². The summed E-state index contributed by atoms with van der Waals surface area (Å²) in [6.45, 7) is 6.92. The third-order valence-corrected chi connectivity index (χ3v) is 7.15. The lowest BCUT2D eigenvalue weighted by Crippen LogP contribution is -2.54. The molecule has 2 aliphatic heterocycles. The van der Waals surface area contributed by atoms with Gasteiger partial charge in [0.15, 0.2) is 11.7 Å². The van der Waals surface area contributed by atoms with Crippen LogP contribution >= 0.6 is 0 Å². The average molecular weight is 397 g/mol. The molecule has 29 heavy (non-hydrogen) atoms. The van der Waals surface area contributed by atoms with Crippen LogP contribution in [0.15, 0.2) is 29.3 Å². The fraction of sp³-hybridized carbons (Fsp3) is 0.609. The zero-order valence-electron chi connectivity index (χ0n) is 17.8. The summed E-state index contributed by atoms with van der Waals surface area (Å²) in [5.41, 5.74) is 7.49. The van der Waals surface area contributed by atoms with E-state index in [-0.39, 0.29) is 17.1 Å². The smallest absolute Gasteiger partial charge is 0.231 e. The SMILES string of the molecule is CN1C(=O)C[C@@](C)(C2CCCN(Cc3ccc(C(=O)C4(C)CC4)cc3)C2)N=C1N. The van der Waals surface area contributed by atoms with Crippen LogP contribution in [0.1, 0.15) is 61.9 Å². The van der Waals surface area contributed by atoms with Crippen LogP contribution in [0.25, 0.3) is 0 Å². The van der Waals surface area contributed by atoms with E-state index in [9.17, 15) is 9.59 Å². The number of carbonyl (C=O) groups is 2. The summed E-state index contributed by atoms with van der Waals surface area (Å²) in [7, 11) is 1.69. The lowest BCUT2D eigenvalue weighted by atomic mass is 9.77. The van der Waals surface area contributed by atoms with Crippen molar-refractivity contribution < 1.29 is 9.59 Å². The number of aliphatic imine (C=N–C) groups is 1. The number of hydrogen-bond donors (Lipinski definition) is 1. The number of piperidine rings is 1. The molecule has 0 aromatic heterocycles. The molecule has 2 atom stereocenters. The summed E-state index contributed by atoms with van der Waals surface area (Å²) in [4.78, 5) is 33.4. The first-order chi connectivity index (χ1) is 13.7. The van der Waals surface area contributed by atoms with Gasteiger partial charge in [0.2, 0.25) is 5.91 Å². The fourth-order valence-corrected chi connectivity index (χ4v) is 4.65. The largest absolute Gasteiger partial charge is 0.369 e. The molecule has 2 heterocycles. The molecule has 1 amide bonds. The number of amides is 1. The first kappa shape index (κ1) is 20.1. The van der Waals surface area contributed by atoms with Crippen LogP contribution in [0.2, 0.25) is 0 Å². The topological polar surface area (TPSA) is 79.0 Å². The van der Waals surface area contributed by atoms with Gasteiger partial charge in [-0.05, 0) is 50.6 Å². The molecular weight excluding hydrogens is 364 g/mol. The Bertz CT molecular complexity index is 843. The molecule has 1 aromatic carbocycles. The first-order valence-electron chi connectivity index (χ1n) is 10.7. The molecule has 2 fully saturated rings. The molecule has 1 saturated heterocycles. The third-order valence-electron chi connectivity index (χ3n) is 7.15. The number of nitrogens with zero attached hydrogens (tertiary/aromatic N) is 3. The van der Waals surface area contributed by atoms with Crippen molar-refractivity contribution in [3.8, 4) is 0 Å². The normalized spacial score (nSPS) is 29.5. The van der Waals surface area contributed by atoms with Crippen LogP contribution in [0, 0.1) is 11.3 Å². The van der Waals surface area contributed by atoms with Gasteiger partial charge in [-0.25, -0.2) is 4.99 Å². The van der Waals surface area contributed by atoms with Crippen LogP contribution in [-0.2, 0) is 11.3 Å². The van der Waals surface area contributed by atoms with Crippen molar-refractivity contribution in [1.29, 1.82) is 0 Å². The van der Waals surface area contributed by atoms with Gasteiger partial charge >= 0.3 is 0 Å². The van der Waals surface area contributed by atoms with E-state index in [1.807, 2.05) is 12.1 Å². The van der Waals surface area contributed by atoms with E-state index in [2.05, 4.69) is 30.9 Å². The summed E-state index contributed by atoms with van der Waals surface area (Å²) in [5.74, 6) is 0.952. The number of rotatable bonds is 5. The van der Waals surface area contributed by atoms with E-state index in [0.717, 1.165) is 50.9 Å². The maximum Gasteiger partial charge on any atom is 0.231 e. The Balaban J connectivity index is 1.41. The maximum absolute atomic E-state index is 12.5. The van der Waals surface area contributed by atoms with Gasteiger partial charge < -0.3 is 5.73 Å². The Morgan fingerprint density at radius 1 is 1.24 bits per heavy atom. The molecule has 1 unspecified atom stereocenters. The zero-order chi connectivity index (χ0) is 20.8.